The number of unbranched alkanes of at least 4 members (excludes halogenated alkanes) is 22. The van der Waals surface area contributed by atoms with Crippen LogP contribution in [0.5, 0.6) is 0 Å². The number of rotatable bonds is 50. The van der Waals surface area contributed by atoms with E-state index in [1.807, 2.05) is 21.1 Å². The lowest BCUT2D eigenvalue weighted by Gasteiger charge is -2.24. The van der Waals surface area contributed by atoms with Gasteiger partial charge in [-0.2, -0.15) is 0 Å². The zero-order chi connectivity index (χ0) is 49.0. The second kappa shape index (κ2) is 50.1. The van der Waals surface area contributed by atoms with Gasteiger partial charge in [-0.05, 0) is 89.9 Å². The molecular formula is C58H105NO7P+. The molecule has 0 aromatic carbocycles. The van der Waals surface area contributed by atoms with Gasteiger partial charge < -0.3 is 18.9 Å². The van der Waals surface area contributed by atoms with E-state index in [2.05, 4.69) is 98.9 Å². The molecule has 388 valence electrons. The average Bonchev–Trinajstić information content (AvgIpc) is 3.29. The minimum atomic E-state index is -4.30. The van der Waals surface area contributed by atoms with Gasteiger partial charge in [0.05, 0.1) is 34.4 Å². The van der Waals surface area contributed by atoms with Gasteiger partial charge in [-0.15, -0.1) is 0 Å². The number of carbonyl (C=O) groups excluding carboxylic acids is 1. The first-order valence-electron chi connectivity index (χ1n) is 27.3. The van der Waals surface area contributed by atoms with Crippen LogP contribution in [-0.2, 0) is 27.9 Å². The van der Waals surface area contributed by atoms with Crippen LogP contribution in [0, 0.1) is 0 Å². The highest BCUT2D eigenvalue weighted by Crippen LogP contribution is 2.43. The first kappa shape index (κ1) is 64.7. The number of ether oxygens (including phenoxy) is 2. The summed E-state index contributed by atoms with van der Waals surface area (Å²) in [5.41, 5.74) is 0. The summed E-state index contributed by atoms with van der Waals surface area (Å²) in [6.07, 6.45) is 67.8. The molecule has 0 radical (unpaired) electrons. The molecule has 8 nitrogen and oxygen atoms in total. The predicted octanol–water partition coefficient (Wildman–Crippen LogP) is 17.2. The van der Waals surface area contributed by atoms with Crippen molar-refractivity contribution in [1.82, 2.24) is 0 Å². The smallest absolute Gasteiger partial charge is 0.457 e. The second-order valence-electron chi connectivity index (χ2n) is 19.2. The molecule has 9 heteroatoms. The monoisotopic (exact) mass is 959 g/mol. The molecule has 0 aromatic heterocycles. The van der Waals surface area contributed by atoms with Crippen molar-refractivity contribution in [2.24, 2.45) is 0 Å². The van der Waals surface area contributed by atoms with E-state index in [4.69, 9.17) is 18.5 Å². The van der Waals surface area contributed by atoms with E-state index in [9.17, 15) is 14.3 Å². The quantitative estimate of drug-likeness (QED) is 0.0213. The zero-order valence-corrected chi connectivity index (χ0v) is 45.0. The molecular weight excluding hydrogens is 854 g/mol. The lowest BCUT2D eigenvalue weighted by Crippen LogP contribution is -2.37. The summed E-state index contributed by atoms with van der Waals surface area (Å²) in [5.74, 6) is -0.325. The highest BCUT2D eigenvalue weighted by Gasteiger charge is 2.26. The molecule has 0 aliphatic rings. The first-order valence-corrected chi connectivity index (χ1v) is 28.8. The molecule has 0 spiro atoms. The summed E-state index contributed by atoms with van der Waals surface area (Å²) >= 11 is 0. The van der Waals surface area contributed by atoms with Crippen LogP contribution in [0.2, 0.25) is 0 Å². The van der Waals surface area contributed by atoms with Crippen molar-refractivity contribution in [1.29, 1.82) is 0 Å². The summed E-state index contributed by atoms with van der Waals surface area (Å²) in [6, 6.07) is 0. The van der Waals surface area contributed by atoms with Crippen LogP contribution in [0.4, 0.5) is 0 Å². The fourth-order valence-corrected chi connectivity index (χ4v) is 8.00. The van der Waals surface area contributed by atoms with Gasteiger partial charge in [0, 0.05) is 13.0 Å². The molecule has 67 heavy (non-hydrogen) atoms. The molecule has 0 saturated heterocycles. The molecule has 0 saturated carbocycles. The molecule has 0 amide bonds. The van der Waals surface area contributed by atoms with Crippen molar-refractivity contribution in [3.63, 3.8) is 0 Å². The lowest BCUT2D eigenvalue weighted by molar-refractivity contribution is -0.870. The summed E-state index contributed by atoms with van der Waals surface area (Å²) < 4.78 is 35.2. The molecule has 0 aliphatic heterocycles. The van der Waals surface area contributed by atoms with Crippen LogP contribution < -0.4 is 0 Å². The molecule has 0 aromatic rings. The molecule has 0 fully saturated rings. The summed E-state index contributed by atoms with van der Waals surface area (Å²) in [5, 5.41) is 0. The Morgan fingerprint density at radius 1 is 0.478 bits per heavy atom. The van der Waals surface area contributed by atoms with Crippen LogP contribution in [0.15, 0.2) is 85.1 Å². The predicted molar refractivity (Wildman–Crippen MR) is 288 cm³/mol. The number of quaternary nitrogens is 1. The Bertz CT molecular complexity index is 1340. The SMILES string of the molecule is CC/C=C\C/C=C\C/C=C\C/C=C\C/C=C\CCCCCCOCC(COP(=O)(O)OCC[N+](C)(C)C)OC(=O)CCCCCCCCCCCCCCC/C=C\C/C=C\CCCCCCC. The third-order valence-corrected chi connectivity index (χ3v) is 12.4. The van der Waals surface area contributed by atoms with Crippen LogP contribution in [0.1, 0.15) is 219 Å². The van der Waals surface area contributed by atoms with E-state index in [1.165, 1.54) is 109 Å². The second-order valence-corrected chi connectivity index (χ2v) is 20.7. The molecule has 2 atom stereocenters. The van der Waals surface area contributed by atoms with Crippen molar-refractivity contribution in [3.05, 3.63) is 85.1 Å². The Labute approximate surface area is 414 Å². The Balaban J connectivity index is 4.15. The third kappa shape index (κ3) is 54.5. The molecule has 0 rings (SSSR count). The molecule has 1 N–H and O–H groups in total. The van der Waals surface area contributed by atoms with E-state index < -0.39 is 13.9 Å². The van der Waals surface area contributed by atoms with Gasteiger partial charge in [0.15, 0.2) is 0 Å². The van der Waals surface area contributed by atoms with Crippen molar-refractivity contribution in [2.75, 3.05) is 54.1 Å². The first-order chi connectivity index (χ1) is 32.6. The normalized spacial score (nSPS) is 14.2. The Morgan fingerprint density at radius 3 is 1.30 bits per heavy atom. The molecule has 0 aliphatic carbocycles. The number of esters is 1. The van der Waals surface area contributed by atoms with Gasteiger partial charge in [-0.1, -0.05) is 208 Å². The summed E-state index contributed by atoms with van der Waals surface area (Å²) in [6.45, 7) is 5.44. The van der Waals surface area contributed by atoms with E-state index in [0.717, 1.165) is 89.9 Å². The van der Waals surface area contributed by atoms with E-state index in [-0.39, 0.29) is 25.8 Å². The van der Waals surface area contributed by atoms with Gasteiger partial charge in [0.1, 0.15) is 19.3 Å². The molecule has 0 heterocycles. The third-order valence-electron chi connectivity index (χ3n) is 11.4. The summed E-state index contributed by atoms with van der Waals surface area (Å²) in [4.78, 5) is 23.1. The Kier molecular flexibility index (Phi) is 48.3. The van der Waals surface area contributed by atoms with Crippen molar-refractivity contribution in [3.8, 4) is 0 Å². The average molecular weight is 959 g/mol. The maximum Gasteiger partial charge on any atom is 0.472 e. The molecule has 2 unspecified atom stereocenters. The number of likely N-dealkylation sites (N-methyl/N-ethyl adjacent to an activating group) is 1. The number of phosphoric ester groups is 1. The highest BCUT2D eigenvalue weighted by molar-refractivity contribution is 7.47. The van der Waals surface area contributed by atoms with Crippen LogP contribution in [-0.4, -0.2) is 75.6 Å². The number of hydrogen-bond acceptors (Lipinski definition) is 6. The topological polar surface area (TPSA) is 91.3 Å². The van der Waals surface area contributed by atoms with Crippen LogP contribution in [0.25, 0.3) is 0 Å². The number of allylic oxidation sites excluding steroid dienone is 14. The van der Waals surface area contributed by atoms with Crippen molar-refractivity contribution >= 4 is 13.8 Å². The summed E-state index contributed by atoms with van der Waals surface area (Å²) in [7, 11) is 1.64. The Morgan fingerprint density at radius 2 is 0.866 bits per heavy atom. The standard InChI is InChI=1S/C58H104NO7P/c1-6-8-10-12-14-16-18-20-22-24-26-28-29-30-31-32-33-35-37-39-41-43-45-47-49-51-58(60)66-57(56-65-67(61,62)64-54-52-59(3,4)5)55-63-53-50-48-46-44-42-40-38-36-34-27-25-23-21-19-17-15-13-11-9-7-2/h9,11,15,17-18,20-21,23-24,26-27,34,38,40,57H,6-8,10,12-14,16,19,22,25,28-33,35-37,39,41-56H2,1-5H3/p+1/b11-9-,17-15-,20-18-,23-21-,26-24-,34-27-,40-38-. The van der Waals surface area contributed by atoms with Crippen molar-refractivity contribution < 1.29 is 37.3 Å². The zero-order valence-electron chi connectivity index (χ0n) is 44.1. The van der Waals surface area contributed by atoms with Crippen LogP contribution >= 0.6 is 7.82 Å². The fraction of sp³-hybridized carbons (Fsp3) is 0.741. The lowest BCUT2D eigenvalue weighted by atomic mass is 10.0. The van der Waals surface area contributed by atoms with Crippen molar-refractivity contribution in [2.45, 2.75) is 225 Å². The van der Waals surface area contributed by atoms with Gasteiger partial charge in [-0.3, -0.25) is 13.8 Å². The number of phosphoric acid groups is 1. The number of nitrogens with zero attached hydrogens (tertiary/aromatic N) is 1. The van der Waals surface area contributed by atoms with Gasteiger partial charge in [-0.25, -0.2) is 4.57 Å². The van der Waals surface area contributed by atoms with E-state index in [0.29, 0.717) is 24.1 Å². The van der Waals surface area contributed by atoms with Gasteiger partial charge >= 0.3 is 13.8 Å². The minimum Gasteiger partial charge on any atom is -0.457 e. The van der Waals surface area contributed by atoms with Crippen LogP contribution in [0.3, 0.4) is 0 Å². The van der Waals surface area contributed by atoms with Gasteiger partial charge in [0.2, 0.25) is 0 Å². The fourth-order valence-electron chi connectivity index (χ4n) is 7.26. The maximum absolute atomic E-state index is 12.8. The minimum absolute atomic E-state index is 0.0793. The number of hydrogen-bond donors (Lipinski definition) is 1. The molecule has 0 bridgehead atoms. The highest BCUT2D eigenvalue weighted by atomic mass is 31.2. The largest absolute Gasteiger partial charge is 0.472 e. The van der Waals surface area contributed by atoms with E-state index >= 15 is 0 Å². The number of carbonyl (C=O) groups is 1. The maximum atomic E-state index is 12.8. The van der Waals surface area contributed by atoms with Gasteiger partial charge in [0.25, 0.3) is 0 Å². The van der Waals surface area contributed by atoms with E-state index in [1.54, 1.807) is 0 Å². The Hall–Kier alpha value is -2.32.